The average molecular weight is 699 g/mol. The second kappa shape index (κ2) is 17.4. The zero-order valence-electron chi connectivity index (χ0n) is 31.8. The lowest BCUT2D eigenvalue weighted by Crippen LogP contribution is -2.30. The highest BCUT2D eigenvalue weighted by molar-refractivity contribution is 5.96. The van der Waals surface area contributed by atoms with E-state index in [2.05, 4.69) is 52.3 Å². The number of methoxy groups -OCH3 is 2. The van der Waals surface area contributed by atoms with Crippen molar-refractivity contribution >= 4 is 33.5 Å². The Balaban J connectivity index is 0.000000190. The van der Waals surface area contributed by atoms with Crippen LogP contribution in [0.25, 0.3) is 21.5 Å². The topological polar surface area (TPSA) is 102 Å². The summed E-state index contributed by atoms with van der Waals surface area (Å²) < 4.78 is 15.6. The van der Waals surface area contributed by atoms with Crippen LogP contribution < -0.4 is 4.74 Å². The molecule has 2 fully saturated rings. The summed E-state index contributed by atoms with van der Waals surface area (Å²) in [5.41, 5.74) is 1.92. The third-order valence-electron chi connectivity index (χ3n) is 10.6. The summed E-state index contributed by atoms with van der Waals surface area (Å²) in [5, 5.41) is 22.4. The first-order valence-corrected chi connectivity index (χ1v) is 18.4. The van der Waals surface area contributed by atoms with Gasteiger partial charge in [0.2, 0.25) is 0 Å². The highest BCUT2D eigenvalue weighted by atomic mass is 16.5. The Hall–Kier alpha value is -4.10. The highest BCUT2D eigenvalue weighted by Gasteiger charge is 2.31. The lowest BCUT2D eigenvalue weighted by Gasteiger charge is -2.37. The predicted octanol–water partition coefficient (Wildman–Crippen LogP) is 10.5. The van der Waals surface area contributed by atoms with Crippen molar-refractivity contribution in [3.05, 3.63) is 83.9 Å². The normalized spacial score (nSPS) is 20.6. The number of ether oxygens (including phenoxy) is 3. The number of rotatable bonds is 4. The summed E-state index contributed by atoms with van der Waals surface area (Å²) in [4.78, 5) is 22.9. The summed E-state index contributed by atoms with van der Waals surface area (Å²) >= 11 is 0. The minimum Gasteiger partial charge on any atom is -0.508 e. The molecule has 4 aromatic rings. The molecule has 0 atom stereocenters. The van der Waals surface area contributed by atoms with E-state index in [1.165, 1.54) is 39.9 Å². The quantitative estimate of drug-likeness (QED) is 0.205. The number of hydrogen-bond acceptors (Lipinski definition) is 7. The van der Waals surface area contributed by atoms with Crippen molar-refractivity contribution in [2.45, 2.75) is 105 Å². The molecule has 7 heteroatoms. The van der Waals surface area contributed by atoms with Gasteiger partial charge in [0.05, 0.1) is 37.6 Å². The van der Waals surface area contributed by atoms with E-state index in [9.17, 15) is 19.8 Å². The van der Waals surface area contributed by atoms with E-state index in [0.29, 0.717) is 28.1 Å². The van der Waals surface area contributed by atoms with E-state index in [1.54, 1.807) is 42.5 Å². The van der Waals surface area contributed by atoms with Crippen LogP contribution in [0.1, 0.15) is 114 Å². The smallest absolute Gasteiger partial charge is 0.337 e. The Bertz CT molecular complexity index is 1750. The summed E-state index contributed by atoms with van der Waals surface area (Å²) in [6.45, 7) is 13.9. The highest BCUT2D eigenvalue weighted by Crippen LogP contribution is 2.39. The molecule has 4 aromatic carbocycles. The Morgan fingerprint density at radius 3 is 1.45 bits per heavy atom. The van der Waals surface area contributed by atoms with Crippen LogP contribution in [0, 0.1) is 22.7 Å². The first-order chi connectivity index (χ1) is 24.1. The number of carbonyl (C=O) groups excluding carboxylic acids is 2. The Labute approximate surface area is 304 Å². The number of carbonyl (C=O) groups is 2. The van der Waals surface area contributed by atoms with Crippen molar-refractivity contribution in [3.8, 4) is 11.5 Å². The second-order valence-electron chi connectivity index (χ2n) is 16.3. The number of aliphatic hydroxyl groups excluding tert-OH is 1. The molecule has 2 aliphatic rings. The molecule has 2 N–H and O–H groups in total. The van der Waals surface area contributed by atoms with Gasteiger partial charge in [0.25, 0.3) is 0 Å². The van der Waals surface area contributed by atoms with E-state index in [-0.39, 0.29) is 23.8 Å². The van der Waals surface area contributed by atoms with E-state index < -0.39 is 0 Å². The molecule has 0 radical (unpaired) electrons. The van der Waals surface area contributed by atoms with Crippen LogP contribution in [0.2, 0.25) is 0 Å². The summed E-state index contributed by atoms with van der Waals surface area (Å²) in [6.07, 6.45) is 9.50. The molecule has 0 saturated heterocycles. The molecule has 6 rings (SSSR count). The van der Waals surface area contributed by atoms with Crippen LogP contribution in [0.15, 0.2) is 72.8 Å². The van der Waals surface area contributed by atoms with Crippen molar-refractivity contribution in [1.29, 1.82) is 0 Å². The van der Waals surface area contributed by atoms with Gasteiger partial charge in [-0.25, -0.2) is 9.59 Å². The SMILES string of the molecule is CC(C)(C)C1CCC(O)CC1.COC(=O)c1ccc2cc(O)ccc2c1.COC(=O)c1ccc2cc(OC3CCC(C(C)(C)C)CC3)ccc2c1. The molecule has 0 bridgehead atoms. The summed E-state index contributed by atoms with van der Waals surface area (Å²) in [6, 6.07) is 21.9. The van der Waals surface area contributed by atoms with E-state index in [0.717, 1.165) is 64.8 Å². The first kappa shape index (κ1) is 39.7. The van der Waals surface area contributed by atoms with Crippen LogP contribution in [-0.2, 0) is 9.47 Å². The fraction of sp³-hybridized carbons (Fsp3) is 0.500. The standard InChI is InChI=1S/C22H28O3.C12H10O3.C10H20O/c1-22(2,3)18-8-11-19(12-9-18)25-20-10-7-15-13-17(21(23)24-4)6-5-16(15)14-20;1-15-12(14)10-3-2-9-7-11(13)5-4-8(9)6-10;1-10(2,3)8-4-6-9(11)7-5-8/h5-7,10,13-14,18-19H,8-9,11-12H2,1-4H3;2-7,13H,1H3;8-9,11H,4-7H2,1-3H3. The number of fused-ring (bicyclic) bond motifs is 2. The number of benzene rings is 4. The van der Waals surface area contributed by atoms with Crippen molar-refractivity contribution in [3.63, 3.8) is 0 Å². The fourth-order valence-electron chi connectivity index (χ4n) is 7.20. The summed E-state index contributed by atoms with van der Waals surface area (Å²) in [5.74, 6) is 2.08. The largest absolute Gasteiger partial charge is 0.508 e. The van der Waals surface area contributed by atoms with Gasteiger partial charge in [-0.3, -0.25) is 0 Å². The molecular weight excluding hydrogens is 640 g/mol. The minimum absolute atomic E-state index is 0.00593. The molecule has 2 aliphatic carbocycles. The van der Waals surface area contributed by atoms with Gasteiger partial charge < -0.3 is 24.4 Å². The van der Waals surface area contributed by atoms with Crippen LogP contribution in [-0.4, -0.2) is 48.6 Å². The molecule has 7 nitrogen and oxygen atoms in total. The average Bonchev–Trinajstić information content (AvgIpc) is 3.10. The maximum Gasteiger partial charge on any atom is 0.337 e. The third kappa shape index (κ3) is 11.4. The minimum atomic E-state index is -0.357. The van der Waals surface area contributed by atoms with Gasteiger partial charge in [0.1, 0.15) is 11.5 Å². The maximum absolute atomic E-state index is 11.6. The second-order valence-corrected chi connectivity index (χ2v) is 16.3. The Morgan fingerprint density at radius 1 is 0.569 bits per heavy atom. The molecule has 276 valence electrons. The zero-order valence-corrected chi connectivity index (χ0v) is 31.8. The summed E-state index contributed by atoms with van der Waals surface area (Å²) in [7, 11) is 2.75. The van der Waals surface area contributed by atoms with Crippen molar-refractivity contribution in [2.24, 2.45) is 22.7 Å². The fourth-order valence-corrected chi connectivity index (χ4v) is 7.20. The van der Waals surface area contributed by atoms with Gasteiger partial charge in [0, 0.05) is 0 Å². The van der Waals surface area contributed by atoms with Crippen LogP contribution in [0.4, 0.5) is 0 Å². The number of hydrogen-bond donors (Lipinski definition) is 2. The number of phenols is 1. The molecule has 51 heavy (non-hydrogen) atoms. The van der Waals surface area contributed by atoms with E-state index in [4.69, 9.17) is 9.47 Å². The van der Waals surface area contributed by atoms with E-state index in [1.807, 2.05) is 24.3 Å². The van der Waals surface area contributed by atoms with Crippen molar-refractivity contribution in [1.82, 2.24) is 0 Å². The molecule has 0 unspecified atom stereocenters. The van der Waals surface area contributed by atoms with E-state index >= 15 is 0 Å². The van der Waals surface area contributed by atoms with Crippen LogP contribution in [0.3, 0.4) is 0 Å². The van der Waals surface area contributed by atoms with Gasteiger partial charge in [-0.2, -0.15) is 0 Å². The molecule has 0 heterocycles. The monoisotopic (exact) mass is 698 g/mol. The number of esters is 2. The van der Waals surface area contributed by atoms with Crippen molar-refractivity contribution in [2.75, 3.05) is 14.2 Å². The number of phenolic OH excluding ortho intramolecular Hbond substituents is 1. The number of aromatic hydroxyl groups is 1. The van der Waals surface area contributed by atoms with Gasteiger partial charge in [-0.1, -0.05) is 65.8 Å². The Kier molecular flexibility index (Phi) is 13.5. The van der Waals surface area contributed by atoms with Crippen LogP contribution in [0.5, 0.6) is 11.5 Å². The molecule has 0 spiro atoms. The van der Waals surface area contributed by atoms with Crippen molar-refractivity contribution < 1.29 is 34.0 Å². The van der Waals surface area contributed by atoms with Gasteiger partial charge in [-0.05, 0) is 144 Å². The first-order valence-electron chi connectivity index (χ1n) is 18.4. The van der Waals surface area contributed by atoms with Gasteiger partial charge >= 0.3 is 11.9 Å². The predicted molar refractivity (Wildman–Crippen MR) is 205 cm³/mol. The third-order valence-corrected chi connectivity index (χ3v) is 10.6. The van der Waals surface area contributed by atoms with Gasteiger partial charge in [0.15, 0.2) is 0 Å². The van der Waals surface area contributed by atoms with Crippen LogP contribution >= 0.6 is 0 Å². The molecule has 0 aromatic heterocycles. The lowest BCUT2D eigenvalue weighted by atomic mass is 9.72. The maximum atomic E-state index is 11.6. The molecule has 0 amide bonds. The zero-order chi connectivity index (χ0) is 37.3. The lowest BCUT2D eigenvalue weighted by molar-refractivity contribution is 0.0592. The molecule has 2 saturated carbocycles. The molecule has 0 aliphatic heterocycles. The molecular formula is C44H58O7. The number of aliphatic hydroxyl groups is 1. The van der Waals surface area contributed by atoms with Gasteiger partial charge in [-0.15, -0.1) is 0 Å². The Morgan fingerprint density at radius 2 is 0.980 bits per heavy atom.